The summed E-state index contributed by atoms with van der Waals surface area (Å²) in [6, 6.07) is 2.54. The lowest BCUT2D eigenvalue weighted by molar-refractivity contribution is 0.563. The van der Waals surface area contributed by atoms with Crippen molar-refractivity contribution in [2.45, 2.75) is 31.2 Å². The fourth-order valence-electron chi connectivity index (χ4n) is 1.50. The standard InChI is InChI=1S/C12H15ClN2O2S/c1-4-5-9(3)15-18(16,17)12-7-11(14)10(13)6-8(12)2/h1,6-7,9,15H,5,14H2,2-3H3. The molecule has 0 bridgehead atoms. The van der Waals surface area contributed by atoms with Gasteiger partial charge in [0.25, 0.3) is 0 Å². The number of hydrogen-bond donors (Lipinski definition) is 2. The Morgan fingerprint density at radius 2 is 2.17 bits per heavy atom. The summed E-state index contributed by atoms with van der Waals surface area (Å²) >= 11 is 5.82. The highest BCUT2D eigenvalue weighted by Gasteiger charge is 2.20. The van der Waals surface area contributed by atoms with Gasteiger partial charge in [-0.15, -0.1) is 12.3 Å². The Morgan fingerprint density at radius 1 is 1.56 bits per heavy atom. The lowest BCUT2D eigenvalue weighted by atomic mass is 10.2. The van der Waals surface area contributed by atoms with Crippen molar-refractivity contribution in [2.75, 3.05) is 5.73 Å². The van der Waals surface area contributed by atoms with E-state index in [1.54, 1.807) is 13.8 Å². The van der Waals surface area contributed by atoms with Crippen molar-refractivity contribution in [3.63, 3.8) is 0 Å². The lowest BCUT2D eigenvalue weighted by Gasteiger charge is -2.14. The second-order valence-corrected chi connectivity index (χ2v) is 6.16. The number of halogens is 1. The molecule has 0 fully saturated rings. The lowest BCUT2D eigenvalue weighted by Crippen LogP contribution is -2.32. The fraction of sp³-hybridized carbons (Fsp3) is 0.333. The van der Waals surface area contributed by atoms with Gasteiger partial charge in [-0.05, 0) is 31.5 Å². The molecule has 0 radical (unpaired) electrons. The van der Waals surface area contributed by atoms with E-state index in [9.17, 15) is 8.42 Å². The van der Waals surface area contributed by atoms with E-state index in [2.05, 4.69) is 10.6 Å². The molecule has 0 heterocycles. The van der Waals surface area contributed by atoms with Crippen LogP contribution in [0.15, 0.2) is 17.0 Å². The number of nitrogens with two attached hydrogens (primary N) is 1. The Balaban J connectivity index is 3.14. The Kier molecular flexibility index (Phi) is 4.63. The number of nitrogens with one attached hydrogen (secondary N) is 1. The number of terminal acetylenes is 1. The first-order chi connectivity index (χ1) is 8.27. The van der Waals surface area contributed by atoms with Gasteiger partial charge < -0.3 is 5.73 Å². The Hall–Kier alpha value is -1.22. The molecular formula is C12H15ClN2O2S. The topological polar surface area (TPSA) is 72.2 Å². The average Bonchev–Trinajstić information content (AvgIpc) is 2.22. The molecule has 0 amide bonds. The number of sulfonamides is 1. The molecule has 0 aromatic heterocycles. The van der Waals surface area contributed by atoms with Gasteiger partial charge in [0.1, 0.15) is 0 Å². The third-order valence-corrected chi connectivity index (χ3v) is 4.42. The first-order valence-corrected chi connectivity index (χ1v) is 7.15. The molecule has 4 nitrogen and oxygen atoms in total. The van der Waals surface area contributed by atoms with E-state index < -0.39 is 10.0 Å². The second kappa shape index (κ2) is 5.61. The van der Waals surface area contributed by atoms with Crippen molar-refractivity contribution in [2.24, 2.45) is 0 Å². The molecule has 0 aliphatic heterocycles. The number of benzene rings is 1. The summed E-state index contributed by atoms with van der Waals surface area (Å²) in [6.07, 6.45) is 5.46. The maximum atomic E-state index is 12.1. The van der Waals surface area contributed by atoms with E-state index in [1.165, 1.54) is 12.1 Å². The minimum atomic E-state index is -3.64. The molecule has 98 valence electrons. The zero-order chi connectivity index (χ0) is 13.9. The van der Waals surface area contributed by atoms with E-state index in [0.29, 0.717) is 17.0 Å². The fourth-order valence-corrected chi connectivity index (χ4v) is 3.23. The molecule has 0 aliphatic rings. The van der Waals surface area contributed by atoms with Gasteiger partial charge in [0.2, 0.25) is 10.0 Å². The van der Waals surface area contributed by atoms with Gasteiger partial charge in [-0.3, -0.25) is 0 Å². The van der Waals surface area contributed by atoms with Gasteiger partial charge in [-0.25, -0.2) is 13.1 Å². The maximum Gasteiger partial charge on any atom is 0.241 e. The quantitative estimate of drug-likeness (QED) is 0.656. The highest BCUT2D eigenvalue weighted by molar-refractivity contribution is 7.89. The van der Waals surface area contributed by atoms with E-state index in [0.717, 1.165) is 0 Å². The predicted molar refractivity (Wildman–Crippen MR) is 73.8 cm³/mol. The van der Waals surface area contributed by atoms with Crippen LogP contribution in [-0.4, -0.2) is 14.5 Å². The molecule has 0 aliphatic carbocycles. The van der Waals surface area contributed by atoms with Crippen LogP contribution < -0.4 is 10.5 Å². The first-order valence-electron chi connectivity index (χ1n) is 5.29. The predicted octanol–water partition coefficient (Wildman–Crippen LogP) is 1.92. The molecule has 1 unspecified atom stereocenters. The van der Waals surface area contributed by atoms with Crippen LogP contribution in [0.25, 0.3) is 0 Å². The van der Waals surface area contributed by atoms with Crippen molar-refractivity contribution < 1.29 is 8.42 Å². The summed E-state index contributed by atoms with van der Waals surface area (Å²) in [5.41, 5.74) is 6.38. The van der Waals surface area contributed by atoms with Crippen molar-refractivity contribution in [3.05, 3.63) is 22.7 Å². The first kappa shape index (κ1) is 14.8. The zero-order valence-electron chi connectivity index (χ0n) is 10.2. The van der Waals surface area contributed by atoms with Crippen molar-refractivity contribution in [1.82, 2.24) is 4.72 Å². The Bertz CT molecular complexity index is 591. The molecule has 6 heteroatoms. The van der Waals surface area contributed by atoms with Crippen LogP contribution in [0.3, 0.4) is 0 Å². The van der Waals surface area contributed by atoms with Crippen molar-refractivity contribution in [1.29, 1.82) is 0 Å². The summed E-state index contributed by atoms with van der Waals surface area (Å²) in [6.45, 7) is 3.36. The largest absolute Gasteiger partial charge is 0.397 e. The third kappa shape index (κ3) is 3.39. The van der Waals surface area contributed by atoms with Crippen molar-refractivity contribution in [3.8, 4) is 12.3 Å². The molecular weight excluding hydrogens is 272 g/mol. The van der Waals surface area contributed by atoms with Gasteiger partial charge >= 0.3 is 0 Å². The minimum absolute atomic E-state index is 0.119. The number of rotatable bonds is 4. The van der Waals surface area contributed by atoms with Crippen LogP contribution in [0, 0.1) is 19.3 Å². The van der Waals surface area contributed by atoms with Crippen LogP contribution in [0.4, 0.5) is 5.69 Å². The summed E-state index contributed by atoms with van der Waals surface area (Å²) < 4.78 is 26.7. The SMILES string of the molecule is C#CCC(C)NS(=O)(=O)c1cc(N)c(Cl)cc1C. The maximum absolute atomic E-state index is 12.1. The van der Waals surface area contributed by atoms with E-state index in [1.807, 2.05) is 0 Å². The minimum Gasteiger partial charge on any atom is -0.397 e. The monoisotopic (exact) mass is 286 g/mol. The molecule has 0 spiro atoms. The van der Waals surface area contributed by atoms with E-state index >= 15 is 0 Å². The van der Waals surface area contributed by atoms with Gasteiger partial charge in [-0.1, -0.05) is 11.6 Å². The number of anilines is 1. The summed E-state index contributed by atoms with van der Waals surface area (Å²) in [5, 5.41) is 0.336. The summed E-state index contributed by atoms with van der Waals surface area (Å²) in [4.78, 5) is 0.119. The highest BCUT2D eigenvalue weighted by atomic mass is 35.5. The molecule has 3 N–H and O–H groups in total. The summed E-state index contributed by atoms with van der Waals surface area (Å²) in [7, 11) is -3.64. The molecule has 1 aromatic carbocycles. The van der Waals surface area contributed by atoms with Gasteiger partial charge in [0.15, 0.2) is 0 Å². The average molecular weight is 287 g/mol. The van der Waals surface area contributed by atoms with Crippen LogP contribution in [-0.2, 0) is 10.0 Å². The third-order valence-electron chi connectivity index (χ3n) is 2.36. The Morgan fingerprint density at radius 3 is 2.72 bits per heavy atom. The molecule has 18 heavy (non-hydrogen) atoms. The highest BCUT2D eigenvalue weighted by Crippen LogP contribution is 2.26. The Labute approximate surface area is 113 Å². The number of aryl methyl sites for hydroxylation is 1. The van der Waals surface area contributed by atoms with E-state index in [-0.39, 0.29) is 16.6 Å². The molecule has 1 atom stereocenters. The molecule has 0 saturated heterocycles. The zero-order valence-corrected chi connectivity index (χ0v) is 11.8. The van der Waals surface area contributed by atoms with E-state index in [4.69, 9.17) is 23.8 Å². The normalized spacial score (nSPS) is 13.0. The second-order valence-electron chi connectivity index (χ2n) is 4.07. The van der Waals surface area contributed by atoms with Gasteiger partial charge in [0.05, 0.1) is 15.6 Å². The number of nitrogen functional groups attached to an aromatic ring is 1. The smallest absolute Gasteiger partial charge is 0.241 e. The molecule has 0 saturated carbocycles. The van der Waals surface area contributed by atoms with Crippen molar-refractivity contribution >= 4 is 27.3 Å². The van der Waals surface area contributed by atoms with Crippen LogP contribution in [0.5, 0.6) is 0 Å². The van der Waals surface area contributed by atoms with Gasteiger partial charge in [0, 0.05) is 12.5 Å². The molecule has 1 rings (SSSR count). The molecule has 1 aromatic rings. The summed E-state index contributed by atoms with van der Waals surface area (Å²) in [5.74, 6) is 2.40. The van der Waals surface area contributed by atoms with Gasteiger partial charge in [-0.2, -0.15) is 0 Å². The van der Waals surface area contributed by atoms with Crippen LogP contribution in [0.2, 0.25) is 5.02 Å². The van der Waals surface area contributed by atoms with Crippen LogP contribution in [0.1, 0.15) is 18.9 Å². The van der Waals surface area contributed by atoms with Crippen LogP contribution >= 0.6 is 11.6 Å². The number of hydrogen-bond acceptors (Lipinski definition) is 3.